The second-order valence-electron chi connectivity index (χ2n) is 5.30. The van der Waals surface area contributed by atoms with E-state index in [0.717, 1.165) is 19.3 Å². The number of hydrogen-bond donors (Lipinski definition) is 1. The van der Waals surface area contributed by atoms with Crippen LogP contribution in [0.4, 0.5) is 0 Å². The van der Waals surface area contributed by atoms with Crippen molar-refractivity contribution in [2.45, 2.75) is 89.6 Å². The van der Waals surface area contributed by atoms with E-state index >= 15 is 0 Å². The standard InChI is InChI=1S/C14H28O/c1-2-3-4-5-6-8-11-14(15)12-9-7-10-13-14/h15H,2-13H2,1H3. The van der Waals surface area contributed by atoms with Crippen LogP contribution in [-0.4, -0.2) is 10.7 Å². The van der Waals surface area contributed by atoms with Crippen molar-refractivity contribution in [2.24, 2.45) is 0 Å². The minimum atomic E-state index is -0.275. The molecule has 0 aliphatic heterocycles. The Labute approximate surface area is 95.3 Å². The van der Waals surface area contributed by atoms with Gasteiger partial charge in [-0.15, -0.1) is 0 Å². The van der Waals surface area contributed by atoms with Gasteiger partial charge in [-0.05, 0) is 19.3 Å². The van der Waals surface area contributed by atoms with Crippen LogP contribution in [0.15, 0.2) is 0 Å². The summed E-state index contributed by atoms with van der Waals surface area (Å²) in [6.07, 6.45) is 15.0. The van der Waals surface area contributed by atoms with Crippen molar-refractivity contribution in [1.29, 1.82) is 0 Å². The fourth-order valence-corrected chi connectivity index (χ4v) is 2.69. The van der Waals surface area contributed by atoms with E-state index in [1.807, 2.05) is 0 Å². The molecular weight excluding hydrogens is 184 g/mol. The lowest BCUT2D eigenvalue weighted by Gasteiger charge is -2.32. The average Bonchev–Trinajstić information content (AvgIpc) is 2.24. The molecule has 0 saturated heterocycles. The van der Waals surface area contributed by atoms with E-state index in [-0.39, 0.29) is 5.60 Å². The Kier molecular flexibility index (Phi) is 6.31. The third-order valence-electron chi connectivity index (χ3n) is 3.78. The Morgan fingerprint density at radius 2 is 1.47 bits per heavy atom. The van der Waals surface area contributed by atoms with Crippen LogP contribution in [0.2, 0.25) is 0 Å². The Balaban J connectivity index is 1.98. The zero-order valence-corrected chi connectivity index (χ0v) is 10.4. The Morgan fingerprint density at radius 3 is 2.13 bits per heavy atom. The molecule has 1 rings (SSSR count). The first kappa shape index (κ1) is 13.0. The highest BCUT2D eigenvalue weighted by Crippen LogP contribution is 2.32. The van der Waals surface area contributed by atoms with Gasteiger partial charge in [-0.1, -0.05) is 64.7 Å². The lowest BCUT2D eigenvalue weighted by atomic mass is 9.81. The smallest absolute Gasteiger partial charge is 0.0647 e. The Hall–Kier alpha value is -0.0400. The summed E-state index contributed by atoms with van der Waals surface area (Å²) >= 11 is 0. The number of hydrogen-bond acceptors (Lipinski definition) is 1. The molecule has 15 heavy (non-hydrogen) atoms. The zero-order chi connectivity index (χ0) is 11.0. The minimum absolute atomic E-state index is 0.275. The molecule has 1 heteroatoms. The van der Waals surface area contributed by atoms with Gasteiger partial charge in [-0.2, -0.15) is 0 Å². The summed E-state index contributed by atoms with van der Waals surface area (Å²) in [6.45, 7) is 2.25. The summed E-state index contributed by atoms with van der Waals surface area (Å²) in [6, 6.07) is 0. The molecular formula is C14H28O. The molecule has 1 N–H and O–H groups in total. The van der Waals surface area contributed by atoms with Crippen molar-refractivity contribution in [3.8, 4) is 0 Å². The quantitative estimate of drug-likeness (QED) is 0.619. The van der Waals surface area contributed by atoms with E-state index in [4.69, 9.17) is 0 Å². The molecule has 0 aromatic heterocycles. The summed E-state index contributed by atoms with van der Waals surface area (Å²) < 4.78 is 0. The van der Waals surface area contributed by atoms with Crippen LogP contribution < -0.4 is 0 Å². The van der Waals surface area contributed by atoms with Crippen LogP contribution in [-0.2, 0) is 0 Å². The molecule has 0 radical (unpaired) electrons. The molecule has 0 bridgehead atoms. The van der Waals surface area contributed by atoms with Crippen LogP contribution in [0.5, 0.6) is 0 Å². The SMILES string of the molecule is CCCCCCCCC1(O)CCCCC1. The summed E-state index contributed by atoms with van der Waals surface area (Å²) in [5, 5.41) is 10.3. The Bertz CT molecular complexity index is 147. The summed E-state index contributed by atoms with van der Waals surface area (Å²) in [5.41, 5.74) is -0.275. The van der Waals surface area contributed by atoms with Gasteiger partial charge in [0.25, 0.3) is 0 Å². The van der Waals surface area contributed by atoms with Gasteiger partial charge in [0.2, 0.25) is 0 Å². The first-order valence-electron chi connectivity index (χ1n) is 6.99. The van der Waals surface area contributed by atoms with Crippen LogP contribution in [0.1, 0.15) is 84.0 Å². The zero-order valence-electron chi connectivity index (χ0n) is 10.4. The topological polar surface area (TPSA) is 20.2 Å². The maximum absolute atomic E-state index is 10.3. The Morgan fingerprint density at radius 1 is 0.867 bits per heavy atom. The molecule has 90 valence electrons. The fourth-order valence-electron chi connectivity index (χ4n) is 2.69. The third kappa shape index (κ3) is 5.55. The van der Waals surface area contributed by atoms with Gasteiger partial charge in [0.05, 0.1) is 5.60 Å². The molecule has 1 saturated carbocycles. The lowest BCUT2D eigenvalue weighted by Crippen LogP contribution is -2.30. The largest absolute Gasteiger partial charge is 0.390 e. The second-order valence-corrected chi connectivity index (χ2v) is 5.30. The average molecular weight is 212 g/mol. The van der Waals surface area contributed by atoms with Crippen molar-refractivity contribution in [2.75, 3.05) is 0 Å². The minimum Gasteiger partial charge on any atom is -0.390 e. The van der Waals surface area contributed by atoms with Crippen molar-refractivity contribution in [3.63, 3.8) is 0 Å². The molecule has 1 nitrogen and oxygen atoms in total. The predicted octanol–water partition coefficient (Wildman–Crippen LogP) is 4.43. The van der Waals surface area contributed by atoms with E-state index in [1.54, 1.807) is 0 Å². The van der Waals surface area contributed by atoms with Crippen molar-refractivity contribution in [3.05, 3.63) is 0 Å². The normalized spacial score (nSPS) is 20.4. The van der Waals surface area contributed by atoms with Crippen LogP contribution >= 0.6 is 0 Å². The summed E-state index contributed by atoms with van der Waals surface area (Å²) in [7, 11) is 0. The molecule has 0 unspecified atom stereocenters. The van der Waals surface area contributed by atoms with Crippen LogP contribution in [0.3, 0.4) is 0 Å². The number of aliphatic hydroxyl groups is 1. The molecule has 0 spiro atoms. The van der Waals surface area contributed by atoms with Crippen molar-refractivity contribution < 1.29 is 5.11 Å². The second kappa shape index (κ2) is 7.27. The molecule has 0 aromatic rings. The number of rotatable bonds is 7. The van der Waals surface area contributed by atoms with Gasteiger partial charge >= 0.3 is 0 Å². The van der Waals surface area contributed by atoms with Gasteiger partial charge in [0, 0.05) is 0 Å². The highest BCUT2D eigenvalue weighted by atomic mass is 16.3. The van der Waals surface area contributed by atoms with E-state index in [1.165, 1.54) is 57.8 Å². The van der Waals surface area contributed by atoms with Crippen molar-refractivity contribution >= 4 is 0 Å². The highest BCUT2D eigenvalue weighted by molar-refractivity contribution is 4.81. The maximum atomic E-state index is 10.3. The summed E-state index contributed by atoms with van der Waals surface area (Å²) in [4.78, 5) is 0. The first-order valence-corrected chi connectivity index (χ1v) is 6.99. The molecule has 0 amide bonds. The summed E-state index contributed by atoms with van der Waals surface area (Å²) in [5.74, 6) is 0. The molecule has 1 aliphatic rings. The molecule has 0 aromatic carbocycles. The van der Waals surface area contributed by atoms with Gasteiger partial charge in [-0.25, -0.2) is 0 Å². The highest BCUT2D eigenvalue weighted by Gasteiger charge is 2.27. The molecule has 0 heterocycles. The van der Waals surface area contributed by atoms with Crippen LogP contribution in [0.25, 0.3) is 0 Å². The third-order valence-corrected chi connectivity index (χ3v) is 3.78. The molecule has 0 atom stereocenters. The first-order chi connectivity index (χ1) is 7.27. The fraction of sp³-hybridized carbons (Fsp3) is 1.00. The van der Waals surface area contributed by atoms with Gasteiger partial charge in [0.15, 0.2) is 0 Å². The maximum Gasteiger partial charge on any atom is 0.0647 e. The van der Waals surface area contributed by atoms with Gasteiger partial charge in [-0.3, -0.25) is 0 Å². The van der Waals surface area contributed by atoms with E-state index in [0.29, 0.717) is 0 Å². The predicted molar refractivity (Wildman–Crippen MR) is 66.0 cm³/mol. The van der Waals surface area contributed by atoms with Crippen LogP contribution in [0, 0.1) is 0 Å². The van der Waals surface area contributed by atoms with E-state index in [2.05, 4.69) is 6.92 Å². The number of unbranched alkanes of at least 4 members (excludes halogenated alkanes) is 5. The van der Waals surface area contributed by atoms with Crippen molar-refractivity contribution in [1.82, 2.24) is 0 Å². The molecule has 1 aliphatic carbocycles. The molecule has 1 fully saturated rings. The van der Waals surface area contributed by atoms with E-state index in [9.17, 15) is 5.11 Å². The van der Waals surface area contributed by atoms with Gasteiger partial charge in [0.1, 0.15) is 0 Å². The lowest BCUT2D eigenvalue weighted by molar-refractivity contribution is -0.00587. The van der Waals surface area contributed by atoms with Gasteiger partial charge < -0.3 is 5.11 Å². The monoisotopic (exact) mass is 212 g/mol. The van der Waals surface area contributed by atoms with E-state index < -0.39 is 0 Å².